The summed E-state index contributed by atoms with van der Waals surface area (Å²) in [6, 6.07) is 6.02. The number of esters is 2. The van der Waals surface area contributed by atoms with E-state index >= 15 is 0 Å². The highest BCUT2D eigenvalue weighted by Gasteiger charge is 2.52. The van der Waals surface area contributed by atoms with E-state index in [4.69, 9.17) is 14.2 Å². The van der Waals surface area contributed by atoms with Gasteiger partial charge in [-0.05, 0) is 72.1 Å². The van der Waals surface area contributed by atoms with E-state index in [1.807, 2.05) is 12.1 Å². The van der Waals surface area contributed by atoms with Crippen molar-refractivity contribution in [2.24, 2.45) is 11.3 Å². The van der Waals surface area contributed by atoms with Crippen molar-refractivity contribution >= 4 is 17.5 Å². The van der Waals surface area contributed by atoms with Crippen molar-refractivity contribution in [3.8, 4) is 5.75 Å². The van der Waals surface area contributed by atoms with Gasteiger partial charge in [-0.1, -0.05) is 12.1 Å². The fourth-order valence-corrected chi connectivity index (χ4v) is 5.07. The summed E-state index contributed by atoms with van der Waals surface area (Å²) in [6.07, 6.45) is 5.69. The molecule has 0 heterocycles. The van der Waals surface area contributed by atoms with Crippen molar-refractivity contribution in [2.75, 3.05) is 21.3 Å². The summed E-state index contributed by atoms with van der Waals surface area (Å²) in [5.74, 6) is -0.0779. The number of fused-ring (bicyclic) bond motifs is 4. The van der Waals surface area contributed by atoms with Gasteiger partial charge in [-0.3, -0.25) is 9.59 Å². The van der Waals surface area contributed by atoms with Crippen LogP contribution in [0, 0.1) is 11.3 Å². The van der Waals surface area contributed by atoms with E-state index in [1.54, 1.807) is 7.11 Å². The molecular formula is C22H24O5. The monoisotopic (exact) mass is 368 g/mol. The van der Waals surface area contributed by atoms with E-state index in [-0.39, 0.29) is 11.9 Å². The molecule has 5 nitrogen and oxygen atoms in total. The quantitative estimate of drug-likeness (QED) is 0.765. The van der Waals surface area contributed by atoms with Crippen LogP contribution >= 0.6 is 0 Å². The lowest BCUT2D eigenvalue weighted by Crippen LogP contribution is -2.39. The van der Waals surface area contributed by atoms with Gasteiger partial charge in [-0.2, -0.15) is 0 Å². The maximum atomic E-state index is 12.7. The SMILES string of the molecule is COC(=O)[C@@H]1Cc2cc(OC)ccc2C2=C1C1=CCC[C@@]1(C(=O)OC)CC2. The Balaban J connectivity index is 1.91. The minimum absolute atomic E-state index is 0.193. The molecule has 0 spiro atoms. The molecule has 5 heteroatoms. The Bertz CT molecular complexity index is 879. The van der Waals surface area contributed by atoms with Crippen LogP contribution in [0.4, 0.5) is 0 Å². The summed E-state index contributed by atoms with van der Waals surface area (Å²) in [4.78, 5) is 25.4. The summed E-state index contributed by atoms with van der Waals surface area (Å²) < 4.78 is 15.7. The highest BCUT2D eigenvalue weighted by molar-refractivity contribution is 5.93. The molecule has 0 aliphatic heterocycles. The van der Waals surface area contributed by atoms with Crippen LogP contribution in [-0.4, -0.2) is 33.3 Å². The van der Waals surface area contributed by atoms with Crippen LogP contribution in [0.5, 0.6) is 5.75 Å². The van der Waals surface area contributed by atoms with E-state index in [2.05, 4.69) is 12.1 Å². The Morgan fingerprint density at radius 1 is 1.11 bits per heavy atom. The number of hydrogen-bond donors (Lipinski definition) is 0. The number of carbonyl (C=O) groups excluding carboxylic acids is 2. The average Bonchev–Trinajstić information content (AvgIpc) is 3.16. The van der Waals surface area contributed by atoms with E-state index in [0.717, 1.165) is 52.9 Å². The van der Waals surface area contributed by atoms with Gasteiger partial charge >= 0.3 is 11.9 Å². The van der Waals surface area contributed by atoms with E-state index in [1.165, 1.54) is 14.2 Å². The summed E-state index contributed by atoms with van der Waals surface area (Å²) in [5, 5.41) is 0. The number of allylic oxidation sites excluding steroid dienone is 2. The number of hydrogen-bond acceptors (Lipinski definition) is 5. The number of ether oxygens (including phenoxy) is 3. The molecular weight excluding hydrogens is 344 g/mol. The summed E-state index contributed by atoms with van der Waals surface area (Å²) in [7, 11) is 4.50. The van der Waals surface area contributed by atoms with Gasteiger partial charge in [0.15, 0.2) is 0 Å². The highest BCUT2D eigenvalue weighted by atomic mass is 16.5. The van der Waals surface area contributed by atoms with Gasteiger partial charge < -0.3 is 14.2 Å². The summed E-state index contributed by atoms with van der Waals surface area (Å²) in [6.45, 7) is 0. The number of rotatable bonds is 3. The largest absolute Gasteiger partial charge is 0.497 e. The van der Waals surface area contributed by atoms with E-state index < -0.39 is 11.3 Å². The number of benzene rings is 1. The molecule has 0 bridgehead atoms. The third-order valence-electron chi connectivity index (χ3n) is 6.32. The molecule has 0 amide bonds. The molecule has 2 atom stereocenters. The molecule has 4 rings (SSSR count). The second-order valence-electron chi connectivity index (χ2n) is 7.43. The normalized spacial score (nSPS) is 25.7. The second kappa shape index (κ2) is 6.55. The molecule has 0 saturated heterocycles. The lowest BCUT2D eigenvalue weighted by molar-refractivity contribution is -0.151. The van der Waals surface area contributed by atoms with Crippen molar-refractivity contribution in [1.82, 2.24) is 0 Å². The molecule has 0 aromatic heterocycles. The van der Waals surface area contributed by atoms with Gasteiger partial charge in [0.1, 0.15) is 5.75 Å². The third-order valence-corrected chi connectivity index (χ3v) is 6.32. The lowest BCUT2D eigenvalue weighted by atomic mass is 9.62. The number of carbonyl (C=O) groups is 2. The Hall–Kier alpha value is -2.56. The van der Waals surface area contributed by atoms with Crippen molar-refractivity contribution in [1.29, 1.82) is 0 Å². The van der Waals surface area contributed by atoms with E-state index in [9.17, 15) is 9.59 Å². The van der Waals surface area contributed by atoms with Crippen molar-refractivity contribution in [3.05, 3.63) is 46.5 Å². The standard InChI is InChI=1S/C22H24O5/c1-25-14-6-7-15-13(11-14)12-17(20(23)26-2)19-16(15)8-10-22(21(24)27-3)9-4-5-18(19)22/h5-7,11,17H,4,8-10,12H2,1-3H3/t17-,22-/m1/s1. The molecule has 27 heavy (non-hydrogen) atoms. The first-order chi connectivity index (χ1) is 13.1. The molecule has 3 aliphatic carbocycles. The van der Waals surface area contributed by atoms with Crippen LogP contribution in [-0.2, 0) is 25.5 Å². The summed E-state index contributed by atoms with van der Waals surface area (Å²) in [5.41, 5.74) is 4.73. The fraction of sp³-hybridized carbons (Fsp3) is 0.455. The first-order valence-electron chi connectivity index (χ1n) is 9.33. The Labute approximate surface area is 159 Å². The van der Waals surface area contributed by atoms with Crippen molar-refractivity contribution in [2.45, 2.75) is 32.1 Å². The average molecular weight is 368 g/mol. The maximum Gasteiger partial charge on any atom is 0.316 e. The topological polar surface area (TPSA) is 61.8 Å². The van der Waals surface area contributed by atoms with E-state index in [0.29, 0.717) is 12.8 Å². The molecule has 1 aromatic rings. The van der Waals surface area contributed by atoms with Gasteiger partial charge in [-0.25, -0.2) is 0 Å². The van der Waals surface area contributed by atoms with Crippen LogP contribution in [0.15, 0.2) is 35.4 Å². The summed E-state index contributed by atoms with van der Waals surface area (Å²) >= 11 is 0. The smallest absolute Gasteiger partial charge is 0.316 e. The Morgan fingerprint density at radius 2 is 1.93 bits per heavy atom. The van der Waals surface area contributed by atoms with Gasteiger partial charge in [0, 0.05) is 0 Å². The highest BCUT2D eigenvalue weighted by Crippen LogP contribution is 2.57. The Morgan fingerprint density at radius 3 is 2.63 bits per heavy atom. The molecule has 0 fully saturated rings. The van der Waals surface area contributed by atoms with Gasteiger partial charge in [0.05, 0.1) is 32.7 Å². The van der Waals surface area contributed by atoms with Crippen LogP contribution in [0.3, 0.4) is 0 Å². The predicted octanol–water partition coefficient (Wildman–Crippen LogP) is 3.47. The van der Waals surface area contributed by atoms with Crippen LogP contribution in [0.1, 0.15) is 36.8 Å². The molecule has 0 saturated carbocycles. The first-order valence-corrected chi connectivity index (χ1v) is 9.33. The zero-order valence-electron chi connectivity index (χ0n) is 16.0. The number of methoxy groups -OCH3 is 3. The zero-order valence-corrected chi connectivity index (χ0v) is 16.0. The maximum absolute atomic E-state index is 12.7. The molecule has 0 N–H and O–H groups in total. The minimum atomic E-state index is -0.621. The first kappa shape index (κ1) is 17.8. The van der Waals surface area contributed by atoms with Crippen LogP contribution in [0.25, 0.3) is 5.57 Å². The van der Waals surface area contributed by atoms with Crippen molar-refractivity contribution in [3.63, 3.8) is 0 Å². The zero-order chi connectivity index (χ0) is 19.2. The van der Waals surface area contributed by atoms with Crippen LogP contribution < -0.4 is 4.74 Å². The molecule has 0 unspecified atom stereocenters. The fourth-order valence-electron chi connectivity index (χ4n) is 5.07. The lowest BCUT2D eigenvalue weighted by Gasteiger charge is -2.41. The molecule has 1 aromatic carbocycles. The Kier molecular flexibility index (Phi) is 4.33. The van der Waals surface area contributed by atoms with Gasteiger partial charge in [0.2, 0.25) is 0 Å². The predicted molar refractivity (Wildman–Crippen MR) is 100 cm³/mol. The second-order valence-corrected chi connectivity index (χ2v) is 7.43. The minimum Gasteiger partial charge on any atom is -0.497 e. The van der Waals surface area contributed by atoms with Gasteiger partial charge in [0.25, 0.3) is 0 Å². The third kappa shape index (κ3) is 2.52. The molecule has 0 radical (unpaired) electrons. The van der Waals surface area contributed by atoms with Crippen LogP contribution in [0.2, 0.25) is 0 Å². The molecule has 142 valence electrons. The molecule has 3 aliphatic rings. The van der Waals surface area contributed by atoms with Gasteiger partial charge in [-0.15, -0.1) is 0 Å². The van der Waals surface area contributed by atoms with Crippen molar-refractivity contribution < 1.29 is 23.8 Å².